The molecular formula is C29H35N3O4. The molecule has 7 nitrogen and oxygen atoms in total. The van der Waals surface area contributed by atoms with E-state index >= 15 is 0 Å². The minimum absolute atomic E-state index is 0.105. The highest BCUT2D eigenvalue weighted by atomic mass is 16.5. The summed E-state index contributed by atoms with van der Waals surface area (Å²) in [5, 5.41) is 10.6. The number of rotatable bonds is 10. The van der Waals surface area contributed by atoms with Gasteiger partial charge < -0.3 is 14.8 Å². The highest BCUT2D eigenvalue weighted by Gasteiger charge is 2.43. The average Bonchev–Trinajstić information content (AvgIpc) is 3.40. The molecule has 0 bridgehead atoms. The first-order chi connectivity index (χ1) is 17.2. The third-order valence-electron chi connectivity index (χ3n) is 6.57. The third kappa shape index (κ3) is 5.68. The number of aromatic amines is 1. The van der Waals surface area contributed by atoms with E-state index in [9.17, 15) is 14.7 Å². The van der Waals surface area contributed by atoms with Gasteiger partial charge in [0, 0.05) is 12.3 Å². The lowest BCUT2D eigenvalue weighted by Crippen LogP contribution is -2.30. The first-order valence-corrected chi connectivity index (χ1v) is 12.5. The average molecular weight is 490 g/mol. The number of carbonyl (C=O) groups is 2. The van der Waals surface area contributed by atoms with E-state index in [1.165, 1.54) is 24.7 Å². The molecule has 3 aromatic rings. The SMILES string of the molecule is CC(=O)C1=C(O)C(=O)N(c2ccc3[nH]cnc3c2)C1c1ccc(CCOCCCCC(C)(C)C)cc1. The molecule has 2 heterocycles. The van der Waals surface area contributed by atoms with Crippen molar-refractivity contribution in [1.29, 1.82) is 0 Å². The molecule has 0 spiro atoms. The van der Waals surface area contributed by atoms with Crippen LogP contribution in [0.1, 0.15) is 64.1 Å². The number of unbranched alkanes of at least 4 members (excludes halogenated alkanes) is 1. The Kier molecular flexibility index (Phi) is 7.59. The Bertz CT molecular complexity index is 1270. The van der Waals surface area contributed by atoms with E-state index in [-0.39, 0.29) is 11.4 Å². The normalized spacial score (nSPS) is 16.4. The van der Waals surface area contributed by atoms with Gasteiger partial charge in [0.1, 0.15) is 0 Å². The zero-order valence-electron chi connectivity index (χ0n) is 21.5. The molecule has 190 valence electrons. The van der Waals surface area contributed by atoms with Gasteiger partial charge in [0.15, 0.2) is 11.5 Å². The molecule has 1 aliphatic rings. The first-order valence-electron chi connectivity index (χ1n) is 12.5. The molecule has 7 heteroatoms. The van der Waals surface area contributed by atoms with Gasteiger partial charge >= 0.3 is 0 Å². The summed E-state index contributed by atoms with van der Waals surface area (Å²) in [4.78, 5) is 34.3. The van der Waals surface area contributed by atoms with Gasteiger partial charge in [-0.15, -0.1) is 0 Å². The van der Waals surface area contributed by atoms with Crippen LogP contribution in [0.4, 0.5) is 5.69 Å². The third-order valence-corrected chi connectivity index (χ3v) is 6.57. The summed E-state index contributed by atoms with van der Waals surface area (Å²) >= 11 is 0. The summed E-state index contributed by atoms with van der Waals surface area (Å²) < 4.78 is 5.82. The number of hydrogen-bond acceptors (Lipinski definition) is 5. The molecule has 0 fully saturated rings. The number of hydrogen-bond donors (Lipinski definition) is 2. The Balaban J connectivity index is 1.46. The van der Waals surface area contributed by atoms with Crippen LogP contribution in [0.25, 0.3) is 11.0 Å². The first kappa shape index (κ1) is 25.6. The quantitative estimate of drug-likeness (QED) is 0.350. The summed E-state index contributed by atoms with van der Waals surface area (Å²) in [7, 11) is 0. The van der Waals surface area contributed by atoms with E-state index in [1.54, 1.807) is 18.5 Å². The number of aliphatic hydroxyl groups is 1. The van der Waals surface area contributed by atoms with E-state index in [0.29, 0.717) is 23.2 Å². The fraction of sp³-hybridized carbons (Fsp3) is 0.414. The van der Waals surface area contributed by atoms with Crippen LogP contribution in [0, 0.1) is 5.41 Å². The Hall–Kier alpha value is -3.45. The number of amides is 1. The van der Waals surface area contributed by atoms with Crippen LogP contribution in [0.5, 0.6) is 0 Å². The van der Waals surface area contributed by atoms with E-state index in [1.807, 2.05) is 30.3 Å². The number of benzene rings is 2. The van der Waals surface area contributed by atoms with Crippen LogP contribution >= 0.6 is 0 Å². The highest BCUT2D eigenvalue weighted by Crippen LogP contribution is 2.41. The second-order valence-electron chi connectivity index (χ2n) is 10.6. The molecule has 0 aliphatic carbocycles. The number of H-pyrrole nitrogens is 1. The molecule has 1 aliphatic heterocycles. The van der Waals surface area contributed by atoms with Crippen molar-refractivity contribution in [3.05, 3.63) is 71.3 Å². The van der Waals surface area contributed by atoms with Crippen molar-refractivity contribution in [2.45, 2.75) is 59.4 Å². The number of aliphatic hydroxyl groups excluding tert-OH is 1. The van der Waals surface area contributed by atoms with Crippen LogP contribution in [0.15, 0.2) is 60.1 Å². The second-order valence-corrected chi connectivity index (χ2v) is 10.6. The van der Waals surface area contributed by atoms with Crippen LogP contribution in [-0.2, 0) is 20.7 Å². The number of aromatic nitrogens is 2. The fourth-order valence-corrected chi connectivity index (χ4v) is 4.63. The van der Waals surface area contributed by atoms with E-state index in [4.69, 9.17) is 4.74 Å². The van der Waals surface area contributed by atoms with Crippen molar-refractivity contribution in [2.75, 3.05) is 18.1 Å². The van der Waals surface area contributed by atoms with E-state index in [2.05, 4.69) is 30.7 Å². The van der Waals surface area contributed by atoms with Crippen molar-refractivity contribution < 1.29 is 19.4 Å². The molecule has 1 amide bonds. The predicted octanol–water partition coefficient (Wildman–Crippen LogP) is 5.83. The van der Waals surface area contributed by atoms with E-state index in [0.717, 1.165) is 36.1 Å². The lowest BCUT2D eigenvalue weighted by molar-refractivity contribution is -0.117. The Labute approximate surface area is 212 Å². The number of ether oxygens (including phenoxy) is 1. The van der Waals surface area contributed by atoms with Crippen LogP contribution < -0.4 is 4.90 Å². The minimum Gasteiger partial charge on any atom is -0.503 e. The van der Waals surface area contributed by atoms with Gasteiger partial charge in [-0.1, -0.05) is 51.5 Å². The van der Waals surface area contributed by atoms with Gasteiger partial charge in [0.2, 0.25) is 0 Å². The number of nitrogens with zero attached hydrogens (tertiary/aromatic N) is 2. The number of Topliss-reactive ketones (excluding diaryl/α,β-unsaturated/α-hetero) is 1. The Morgan fingerprint density at radius 1 is 1.11 bits per heavy atom. The maximum absolute atomic E-state index is 13.1. The maximum atomic E-state index is 13.1. The second kappa shape index (κ2) is 10.7. The van der Waals surface area contributed by atoms with Gasteiger partial charge in [-0.2, -0.15) is 0 Å². The zero-order valence-corrected chi connectivity index (χ0v) is 21.5. The molecule has 2 N–H and O–H groups in total. The number of ketones is 1. The number of carbonyl (C=O) groups excluding carboxylic acids is 2. The van der Waals surface area contributed by atoms with Gasteiger partial charge in [-0.05, 0) is 60.9 Å². The van der Waals surface area contributed by atoms with Gasteiger partial charge in [-0.25, -0.2) is 4.98 Å². The van der Waals surface area contributed by atoms with Crippen molar-refractivity contribution in [3.8, 4) is 0 Å². The molecule has 0 radical (unpaired) electrons. The van der Waals surface area contributed by atoms with Crippen molar-refractivity contribution in [3.63, 3.8) is 0 Å². The summed E-state index contributed by atoms with van der Waals surface area (Å²) in [6, 6.07) is 12.5. The fourth-order valence-electron chi connectivity index (χ4n) is 4.63. The maximum Gasteiger partial charge on any atom is 0.294 e. The monoisotopic (exact) mass is 489 g/mol. The summed E-state index contributed by atoms with van der Waals surface area (Å²) in [5.41, 5.74) is 4.44. The molecule has 1 aromatic heterocycles. The van der Waals surface area contributed by atoms with Gasteiger partial charge in [0.25, 0.3) is 5.91 Å². The van der Waals surface area contributed by atoms with Crippen molar-refractivity contribution in [2.24, 2.45) is 5.41 Å². The summed E-state index contributed by atoms with van der Waals surface area (Å²) in [6.45, 7) is 9.55. The zero-order chi connectivity index (χ0) is 25.9. The molecule has 0 saturated carbocycles. The molecular weight excluding hydrogens is 454 g/mol. The van der Waals surface area contributed by atoms with Crippen LogP contribution in [0.2, 0.25) is 0 Å². The smallest absolute Gasteiger partial charge is 0.294 e. The van der Waals surface area contributed by atoms with Crippen molar-refractivity contribution in [1.82, 2.24) is 9.97 Å². The lowest BCUT2D eigenvalue weighted by atomic mass is 9.90. The van der Waals surface area contributed by atoms with Crippen LogP contribution in [-0.4, -0.2) is 40.0 Å². The summed E-state index contributed by atoms with van der Waals surface area (Å²) in [6.07, 6.45) is 5.79. The molecule has 1 atom stereocenters. The highest BCUT2D eigenvalue weighted by molar-refractivity contribution is 6.16. The lowest BCUT2D eigenvalue weighted by Gasteiger charge is -2.27. The molecule has 1 unspecified atom stereocenters. The van der Waals surface area contributed by atoms with E-state index < -0.39 is 17.7 Å². The minimum atomic E-state index is -0.709. The number of imidazole rings is 1. The number of fused-ring (bicyclic) bond motifs is 1. The van der Waals surface area contributed by atoms with Gasteiger partial charge in [0.05, 0.1) is 35.6 Å². The standard InChI is InChI=1S/C29H35N3O4/c1-19(33)25-26(32(28(35)27(25)34)22-11-12-23-24(17-22)31-18-30-23)21-9-7-20(8-10-21)13-16-36-15-6-5-14-29(2,3)4/h7-12,17-18,26,34H,5-6,13-16H2,1-4H3,(H,30,31). The summed E-state index contributed by atoms with van der Waals surface area (Å²) in [5.74, 6) is -1.43. The predicted molar refractivity (Wildman–Crippen MR) is 141 cm³/mol. The number of nitrogens with one attached hydrogen (secondary N) is 1. The Morgan fingerprint density at radius 2 is 1.86 bits per heavy atom. The number of anilines is 1. The largest absolute Gasteiger partial charge is 0.503 e. The molecule has 0 saturated heterocycles. The van der Waals surface area contributed by atoms with Gasteiger partial charge in [-0.3, -0.25) is 14.5 Å². The van der Waals surface area contributed by atoms with Crippen LogP contribution in [0.3, 0.4) is 0 Å². The van der Waals surface area contributed by atoms with Crippen molar-refractivity contribution >= 4 is 28.4 Å². The molecule has 36 heavy (non-hydrogen) atoms. The molecule has 4 rings (SSSR count). The topological polar surface area (TPSA) is 95.5 Å². The molecule has 2 aromatic carbocycles. The Morgan fingerprint density at radius 3 is 2.56 bits per heavy atom.